The van der Waals surface area contributed by atoms with Gasteiger partial charge in [-0.3, -0.25) is 0 Å². The summed E-state index contributed by atoms with van der Waals surface area (Å²) in [4.78, 5) is 0. The molecule has 0 saturated heterocycles. The Morgan fingerprint density at radius 1 is 1.15 bits per heavy atom. The smallest absolute Gasteiger partial charge is 0.125 e. The molecule has 106 valence electrons. The second-order valence-corrected chi connectivity index (χ2v) is 5.88. The van der Waals surface area contributed by atoms with Gasteiger partial charge in [-0.2, -0.15) is 0 Å². The Hall–Kier alpha value is -1.13. The number of benzene rings is 2. The van der Waals surface area contributed by atoms with Gasteiger partial charge in [-0.05, 0) is 59.1 Å². The number of hydrogen-bond donors (Lipinski definition) is 1. The first-order valence-electron chi connectivity index (χ1n) is 6.11. The lowest BCUT2D eigenvalue weighted by Gasteiger charge is -2.18. The van der Waals surface area contributed by atoms with Gasteiger partial charge in [-0.1, -0.05) is 23.7 Å². The predicted molar refractivity (Wildman–Crippen MR) is 82.3 cm³/mol. The van der Waals surface area contributed by atoms with Crippen molar-refractivity contribution in [1.29, 1.82) is 0 Å². The van der Waals surface area contributed by atoms with Gasteiger partial charge in [0, 0.05) is 10.5 Å². The number of hydrogen-bond acceptors (Lipinski definition) is 1. The van der Waals surface area contributed by atoms with E-state index >= 15 is 0 Å². The molecule has 2 aromatic rings. The lowest BCUT2D eigenvalue weighted by atomic mass is 10.1. The van der Waals surface area contributed by atoms with Crippen molar-refractivity contribution >= 4 is 33.2 Å². The predicted octanol–water partition coefficient (Wildman–Crippen LogP) is 5.42. The highest BCUT2D eigenvalue weighted by molar-refractivity contribution is 9.10. The lowest BCUT2D eigenvalue weighted by molar-refractivity contribution is 0.626. The molecule has 0 bridgehead atoms. The van der Waals surface area contributed by atoms with Crippen LogP contribution in [0.3, 0.4) is 0 Å². The molecule has 0 saturated carbocycles. The van der Waals surface area contributed by atoms with E-state index < -0.39 is 5.82 Å². The molecular formula is C15H13BrClF2N. The maximum Gasteiger partial charge on any atom is 0.125 e. The van der Waals surface area contributed by atoms with Gasteiger partial charge in [0.25, 0.3) is 0 Å². The standard InChI is InChI=1S/C15H13BrClF2N/c1-9(6-10-2-4-11(18)5-3-10)20-15-13(16)7-12(19)8-14(15)17/h2-5,7-9,20H,6H2,1H3. The first-order chi connectivity index (χ1) is 9.45. The van der Waals surface area contributed by atoms with Crippen molar-refractivity contribution in [3.8, 4) is 0 Å². The monoisotopic (exact) mass is 359 g/mol. The molecule has 20 heavy (non-hydrogen) atoms. The zero-order chi connectivity index (χ0) is 14.7. The number of rotatable bonds is 4. The lowest BCUT2D eigenvalue weighted by Crippen LogP contribution is -2.18. The van der Waals surface area contributed by atoms with Crippen LogP contribution in [0.1, 0.15) is 12.5 Å². The Labute approximate surface area is 130 Å². The van der Waals surface area contributed by atoms with Crippen LogP contribution in [0.15, 0.2) is 40.9 Å². The van der Waals surface area contributed by atoms with Gasteiger partial charge in [-0.25, -0.2) is 8.78 Å². The fourth-order valence-electron chi connectivity index (χ4n) is 1.95. The normalized spacial score (nSPS) is 12.2. The van der Waals surface area contributed by atoms with Crippen LogP contribution in [0, 0.1) is 11.6 Å². The average Bonchev–Trinajstić information content (AvgIpc) is 2.36. The highest BCUT2D eigenvalue weighted by Crippen LogP contribution is 2.32. The van der Waals surface area contributed by atoms with Crippen LogP contribution >= 0.6 is 27.5 Å². The molecule has 0 spiro atoms. The van der Waals surface area contributed by atoms with Crippen LogP contribution in [0.2, 0.25) is 5.02 Å². The minimum atomic E-state index is -0.390. The average molecular weight is 361 g/mol. The summed E-state index contributed by atoms with van der Waals surface area (Å²) in [6, 6.07) is 9.05. The van der Waals surface area contributed by atoms with Gasteiger partial charge in [0.05, 0.1) is 10.7 Å². The molecule has 1 N–H and O–H groups in total. The third-order valence-electron chi connectivity index (χ3n) is 2.85. The molecule has 0 aliphatic carbocycles. The first-order valence-corrected chi connectivity index (χ1v) is 7.28. The highest BCUT2D eigenvalue weighted by Gasteiger charge is 2.11. The molecule has 5 heteroatoms. The highest BCUT2D eigenvalue weighted by atomic mass is 79.9. The van der Waals surface area contributed by atoms with E-state index in [1.165, 1.54) is 24.3 Å². The zero-order valence-corrected chi connectivity index (χ0v) is 13.1. The number of anilines is 1. The molecule has 0 fully saturated rings. The molecule has 0 aliphatic rings. The van der Waals surface area contributed by atoms with Gasteiger partial charge >= 0.3 is 0 Å². The second kappa shape index (κ2) is 6.55. The molecule has 1 atom stereocenters. The SMILES string of the molecule is CC(Cc1ccc(F)cc1)Nc1c(Cl)cc(F)cc1Br. The van der Waals surface area contributed by atoms with E-state index in [9.17, 15) is 8.78 Å². The number of nitrogens with one attached hydrogen (secondary N) is 1. The molecule has 1 nitrogen and oxygen atoms in total. The van der Waals surface area contributed by atoms with E-state index in [-0.39, 0.29) is 11.9 Å². The number of halogens is 4. The Kier molecular flexibility index (Phi) is 5.00. The second-order valence-electron chi connectivity index (χ2n) is 4.62. The van der Waals surface area contributed by atoms with E-state index in [0.717, 1.165) is 5.56 Å². The van der Waals surface area contributed by atoms with E-state index in [1.54, 1.807) is 12.1 Å². The summed E-state index contributed by atoms with van der Waals surface area (Å²) in [6.45, 7) is 1.98. The van der Waals surface area contributed by atoms with Gasteiger partial charge in [0.15, 0.2) is 0 Å². The van der Waals surface area contributed by atoms with Crippen LogP contribution in [0.25, 0.3) is 0 Å². The van der Waals surface area contributed by atoms with Gasteiger partial charge in [-0.15, -0.1) is 0 Å². The van der Waals surface area contributed by atoms with Crippen molar-refractivity contribution < 1.29 is 8.78 Å². The van der Waals surface area contributed by atoms with Crippen LogP contribution < -0.4 is 5.32 Å². The Balaban J connectivity index is 2.08. The van der Waals surface area contributed by atoms with Crippen molar-refractivity contribution in [3.05, 3.63) is 63.1 Å². The summed E-state index contributed by atoms with van der Waals surface area (Å²) < 4.78 is 26.6. The summed E-state index contributed by atoms with van der Waals surface area (Å²) in [5.41, 5.74) is 1.67. The maximum atomic E-state index is 13.2. The molecule has 1 unspecified atom stereocenters. The minimum Gasteiger partial charge on any atom is -0.380 e. The van der Waals surface area contributed by atoms with Gasteiger partial charge in [0.2, 0.25) is 0 Å². The summed E-state index contributed by atoms with van der Waals surface area (Å²) in [7, 11) is 0. The van der Waals surface area contributed by atoms with Crippen molar-refractivity contribution in [3.63, 3.8) is 0 Å². The van der Waals surface area contributed by atoms with Gasteiger partial charge in [0.1, 0.15) is 11.6 Å². The fraction of sp³-hybridized carbons (Fsp3) is 0.200. The van der Waals surface area contributed by atoms with Crippen molar-refractivity contribution in [2.75, 3.05) is 5.32 Å². The van der Waals surface area contributed by atoms with Crippen molar-refractivity contribution in [1.82, 2.24) is 0 Å². The Bertz CT molecular complexity index is 578. The Morgan fingerprint density at radius 2 is 1.80 bits per heavy atom. The van der Waals surface area contributed by atoms with Crippen LogP contribution in [-0.2, 0) is 6.42 Å². The van der Waals surface area contributed by atoms with Crippen LogP contribution in [0.5, 0.6) is 0 Å². The Morgan fingerprint density at radius 3 is 2.40 bits per heavy atom. The third kappa shape index (κ3) is 3.93. The fourth-order valence-corrected chi connectivity index (χ4v) is 2.87. The van der Waals surface area contributed by atoms with Crippen LogP contribution in [0.4, 0.5) is 14.5 Å². The summed E-state index contributed by atoms with van der Waals surface area (Å²) in [6.07, 6.45) is 0.709. The first kappa shape index (κ1) is 15.3. The van der Waals surface area contributed by atoms with E-state index in [1.807, 2.05) is 6.92 Å². The zero-order valence-electron chi connectivity index (χ0n) is 10.8. The largest absolute Gasteiger partial charge is 0.380 e. The topological polar surface area (TPSA) is 12.0 Å². The van der Waals surface area contributed by atoms with Crippen molar-refractivity contribution in [2.24, 2.45) is 0 Å². The summed E-state index contributed by atoms with van der Waals surface area (Å²) in [5.74, 6) is -0.641. The molecular weight excluding hydrogens is 348 g/mol. The summed E-state index contributed by atoms with van der Waals surface area (Å²) in [5, 5.41) is 3.55. The molecule has 0 aromatic heterocycles. The van der Waals surface area contributed by atoms with E-state index in [0.29, 0.717) is 21.6 Å². The van der Waals surface area contributed by atoms with Gasteiger partial charge < -0.3 is 5.32 Å². The molecule has 2 rings (SSSR count). The minimum absolute atomic E-state index is 0.0692. The molecule has 0 heterocycles. The van der Waals surface area contributed by atoms with E-state index in [2.05, 4.69) is 21.2 Å². The molecule has 0 radical (unpaired) electrons. The van der Waals surface area contributed by atoms with Crippen molar-refractivity contribution in [2.45, 2.75) is 19.4 Å². The van der Waals surface area contributed by atoms with E-state index in [4.69, 9.17) is 11.6 Å². The molecule has 0 amide bonds. The van der Waals surface area contributed by atoms with Crippen LogP contribution in [-0.4, -0.2) is 6.04 Å². The quantitative estimate of drug-likeness (QED) is 0.767. The molecule has 2 aromatic carbocycles. The third-order valence-corrected chi connectivity index (χ3v) is 3.78. The summed E-state index contributed by atoms with van der Waals surface area (Å²) >= 11 is 9.31. The maximum absolute atomic E-state index is 13.2. The molecule has 0 aliphatic heterocycles.